The molecule has 3 aromatic rings. The van der Waals surface area contributed by atoms with Crippen LogP contribution in [-0.4, -0.2) is 56.0 Å². The molecule has 0 bridgehead atoms. The van der Waals surface area contributed by atoms with Gasteiger partial charge in [-0.2, -0.15) is 4.31 Å². The first-order valence-electron chi connectivity index (χ1n) is 12.0. The van der Waals surface area contributed by atoms with Gasteiger partial charge in [0, 0.05) is 57.9 Å². The van der Waals surface area contributed by atoms with Crippen molar-refractivity contribution in [3.05, 3.63) is 75.0 Å². The second-order valence-electron chi connectivity index (χ2n) is 9.09. The van der Waals surface area contributed by atoms with E-state index >= 15 is 0 Å². The zero-order chi connectivity index (χ0) is 26.5. The highest BCUT2D eigenvalue weighted by atomic mass is 35.5. The van der Waals surface area contributed by atoms with Gasteiger partial charge in [-0.25, -0.2) is 8.42 Å². The highest BCUT2D eigenvalue weighted by molar-refractivity contribution is 7.89. The van der Waals surface area contributed by atoms with Crippen LogP contribution >= 0.6 is 23.2 Å². The van der Waals surface area contributed by atoms with Crippen molar-refractivity contribution in [2.24, 2.45) is 0 Å². The molecular formula is C27H27Cl2N3O4S. The van der Waals surface area contributed by atoms with Crippen LogP contribution in [0.15, 0.2) is 47.4 Å². The Labute approximate surface area is 226 Å². The van der Waals surface area contributed by atoms with Gasteiger partial charge in [0.25, 0.3) is 5.91 Å². The maximum absolute atomic E-state index is 13.5. The molecule has 194 valence electrons. The van der Waals surface area contributed by atoms with Gasteiger partial charge >= 0.3 is 0 Å². The van der Waals surface area contributed by atoms with Gasteiger partial charge in [0.2, 0.25) is 10.0 Å². The Morgan fingerprint density at radius 3 is 2.32 bits per heavy atom. The number of benzene rings is 2. The fourth-order valence-electron chi connectivity index (χ4n) is 5.04. The summed E-state index contributed by atoms with van der Waals surface area (Å²) in [7, 11) is -3.71. The van der Waals surface area contributed by atoms with E-state index in [1.165, 1.54) is 4.31 Å². The summed E-state index contributed by atoms with van der Waals surface area (Å²) >= 11 is 12.5. The van der Waals surface area contributed by atoms with Crippen molar-refractivity contribution in [3.63, 3.8) is 0 Å². The lowest BCUT2D eigenvalue weighted by Gasteiger charge is -2.26. The number of ether oxygens (including phenoxy) is 1. The van der Waals surface area contributed by atoms with Crippen molar-refractivity contribution in [1.29, 1.82) is 0 Å². The number of amides is 1. The quantitative estimate of drug-likeness (QED) is 0.396. The molecule has 0 N–H and O–H groups in total. The molecule has 37 heavy (non-hydrogen) atoms. The number of fused-ring (bicyclic) bond motifs is 1. The largest absolute Gasteiger partial charge is 0.379 e. The lowest BCUT2D eigenvalue weighted by Crippen LogP contribution is -2.40. The third-order valence-corrected chi connectivity index (χ3v) is 9.16. The number of sulfonamides is 1. The minimum Gasteiger partial charge on any atom is -0.379 e. The highest BCUT2D eigenvalue weighted by Crippen LogP contribution is 2.40. The van der Waals surface area contributed by atoms with Gasteiger partial charge in [-0.05, 0) is 74.9 Å². The predicted octanol–water partition coefficient (Wildman–Crippen LogP) is 5.33. The third-order valence-electron chi connectivity index (χ3n) is 6.82. The molecule has 0 atom stereocenters. The van der Waals surface area contributed by atoms with Crippen LogP contribution < -0.4 is 4.90 Å². The number of carbonyl (C=O) groups excluding carboxylic acids is 1. The minimum atomic E-state index is -3.71. The summed E-state index contributed by atoms with van der Waals surface area (Å²) < 4.78 is 35.4. The number of aromatic nitrogens is 1. The number of aryl methyl sites for hydroxylation is 1. The molecule has 2 aliphatic rings. The van der Waals surface area contributed by atoms with Crippen molar-refractivity contribution in [3.8, 4) is 5.69 Å². The van der Waals surface area contributed by atoms with Crippen molar-refractivity contribution in [1.82, 2.24) is 8.87 Å². The summed E-state index contributed by atoms with van der Waals surface area (Å²) in [5.74, 6) is -0.158. The molecule has 0 saturated carbocycles. The van der Waals surface area contributed by atoms with Crippen LogP contribution in [-0.2, 0) is 19.6 Å². The summed E-state index contributed by atoms with van der Waals surface area (Å²) in [5.41, 5.74) is 5.30. The molecule has 0 unspecified atom stereocenters. The molecule has 0 spiro atoms. The van der Waals surface area contributed by atoms with Gasteiger partial charge < -0.3 is 14.2 Å². The fourth-order valence-corrected chi connectivity index (χ4v) is 6.99. The molecular weight excluding hydrogens is 533 g/mol. The molecule has 10 heteroatoms. The highest BCUT2D eigenvalue weighted by Gasteiger charge is 2.34. The normalized spacial score (nSPS) is 17.6. The van der Waals surface area contributed by atoms with E-state index in [-0.39, 0.29) is 10.8 Å². The van der Waals surface area contributed by atoms with Gasteiger partial charge in [0.15, 0.2) is 0 Å². The third kappa shape index (κ3) is 4.62. The van der Waals surface area contributed by atoms with Gasteiger partial charge in [0.05, 0.1) is 23.8 Å². The first-order chi connectivity index (χ1) is 17.6. The van der Waals surface area contributed by atoms with Crippen LogP contribution in [0.2, 0.25) is 10.0 Å². The van der Waals surface area contributed by atoms with E-state index in [1.54, 1.807) is 29.2 Å². The van der Waals surface area contributed by atoms with Crippen molar-refractivity contribution < 1.29 is 17.9 Å². The lowest BCUT2D eigenvalue weighted by molar-refractivity contribution is -0.112. The summed E-state index contributed by atoms with van der Waals surface area (Å²) in [6.45, 7) is 7.65. The van der Waals surface area contributed by atoms with Crippen LogP contribution in [0.5, 0.6) is 0 Å². The number of rotatable bonds is 5. The maximum Gasteiger partial charge on any atom is 0.258 e. The predicted molar refractivity (Wildman–Crippen MR) is 147 cm³/mol. The fraction of sp³-hybridized carbons (Fsp3) is 0.296. The van der Waals surface area contributed by atoms with E-state index in [0.29, 0.717) is 59.7 Å². The first-order valence-corrected chi connectivity index (χ1v) is 14.2. The Bertz CT molecular complexity index is 1520. The minimum absolute atomic E-state index is 0.158. The summed E-state index contributed by atoms with van der Waals surface area (Å²) in [4.78, 5) is 15.3. The first kappa shape index (κ1) is 26.0. The van der Waals surface area contributed by atoms with Gasteiger partial charge in [-0.1, -0.05) is 23.2 Å². The number of likely N-dealkylation sites (N-methyl/N-ethyl adjacent to an activating group) is 1. The van der Waals surface area contributed by atoms with E-state index < -0.39 is 10.0 Å². The monoisotopic (exact) mass is 559 g/mol. The Morgan fingerprint density at radius 1 is 1.00 bits per heavy atom. The molecule has 0 radical (unpaired) electrons. The molecule has 3 heterocycles. The lowest BCUT2D eigenvalue weighted by atomic mass is 10.0. The van der Waals surface area contributed by atoms with E-state index in [1.807, 2.05) is 49.6 Å². The van der Waals surface area contributed by atoms with Crippen LogP contribution in [0, 0.1) is 13.8 Å². The molecule has 2 aromatic carbocycles. The SMILES string of the molecule is CCN1C(=O)/C(=C\c2cc(C)n(-c3cc(Cl)cc(Cl)c3)c2C)c2cc(S(=O)(=O)N3CCOCC3)ccc21. The van der Waals surface area contributed by atoms with Gasteiger partial charge in [-0.3, -0.25) is 4.79 Å². The molecule has 2 aliphatic heterocycles. The molecule has 1 aromatic heterocycles. The number of hydrogen-bond acceptors (Lipinski definition) is 4. The number of carbonyl (C=O) groups is 1. The number of halogens is 2. The molecule has 0 aliphatic carbocycles. The van der Waals surface area contributed by atoms with Crippen LogP contribution in [0.4, 0.5) is 5.69 Å². The number of morpholine rings is 1. The van der Waals surface area contributed by atoms with Crippen molar-refractivity contribution >= 4 is 56.5 Å². The second kappa shape index (κ2) is 9.93. The average molecular weight is 561 g/mol. The van der Waals surface area contributed by atoms with Gasteiger partial charge in [-0.15, -0.1) is 0 Å². The van der Waals surface area contributed by atoms with Crippen LogP contribution in [0.3, 0.4) is 0 Å². The Morgan fingerprint density at radius 2 is 1.68 bits per heavy atom. The smallest absolute Gasteiger partial charge is 0.258 e. The van der Waals surface area contributed by atoms with E-state index in [9.17, 15) is 13.2 Å². The zero-order valence-electron chi connectivity index (χ0n) is 20.8. The van der Waals surface area contributed by atoms with E-state index in [2.05, 4.69) is 0 Å². The molecule has 5 rings (SSSR count). The van der Waals surface area contributed by atoms with Crippen LogP contribution in [0.25, 0.3) is 17.3 Å². The molecule has 1 amide bonds. The zero-order valence-corrected chi connectivity index (χ0v) is 23.1. The molecule has 1 saturated heterocycles. The van der Waals surface area contributed by atoms with Gasteiger partial charge in [0.1, 0.15) is 0 Å². The van der Waals surface area contributed by atoms with Crippen molar-refractivity contribution in [2.45, 2.75) is 25.7 Å². The average Bonchev–Trinajstić information content (AvgIpc) is 3.30. The van der Waals surface area contributed by atoms with Crippen molar-refractivity contribution in [2.75, 3.05) is 37.7 Å². The van der Waals surface area contributed by atoms with E-state index in [4.69, 9.17) is 27.9 Å². The standard InChI is InChI=1S/C27H27Cl2N3O4S/c1-4-31-26-6-5-23(37(34,35)30-7-9-36-10-8-30)16-24(26)25(27(31)33)12-19-11-17(2)32(18(19)3)22-14-20(28)13-21(29)15-22/h5-6,11-16H,4,7-10H2,1-3H3/b25-12-. The molecule has 1 fully saturated rings. The second-order valence-corrected chi connectivity index (χ2v) is 11.9. The summed E-state index contributed by atoms with van der Waals surface area (Å²) in [6.07, 6.45) is 1.84. The topological polar surface area (TPSA) is 71.9 Å². The Kier molecular flexibility index (Phi) is 6.98. The summed E-state index contributed by atoms with van der Waals surface area (Å²) in [6, 6.07) is 12.3. The number of anilines is 1. The van der Waals surface area contributed by atoms with E-state index in [0.717, 1.165) is 22.6 Å². The van der Waals surface area contributed by atoms with Crippen LogP contribution in [0.1, 0.15) is 29.4 Å². The molecule has 7 nitrogen and oxygen atoms in total. The maximum atomic E-state index is 13.5. The number of nitrogens with zero attached hydrogens (tertiary/aromatic N) is 3. The Balaban J connectivity index is 1.61. The summed E-state index contributed by atoms with van der Waals surface area (Å²) in [5, 5.41) is 1.06. The Hall–Kier alpha value is -2.62. The number of hydrogen-bond donors (Lipinski definition) is 0.